The molecule has 7 heteroatoms. The first kappa shape index (κ1) is 19.5. The molecule has 1 amide bonds. The van der Waals surface area contributed by atoms with Gasteiger partial charge in [0.15, 0.2) is 12.0 Å². The molecule has 0 bridgehead atoms. The normalized spacial score (nSPS) is 19.6. The summed E-state index contributed by atoms with van der Waals surface area (Å²) in [4.78, 5) is 28.7. The van der Waals surface area contributed by atoms with Crippen LogP contribution in [0.4, 0.5) is 0 Å². The van der Waals surface area contributed by atoms with Gasteiger partial charge >= 0.3 is 0 Å². The minimum absolute atomic E-state index is 0.0436. The quantitative estimate of drug-likeness (QED) is 0.681. The topological polar surface area (TPSA) is 53.8 Å². The summed E-state index contributed by atoms with van der Waals surface area (Å²) in [6.07, 6.45) is 3.98. The van der Waals surface area contributed by atoms with E-state index in [1.165, 1.54) is 12.8 Å². The molecule has 0 N–H and O–H groups in total. The molecular weight excluding hydrogens is 399 g/mol. The van der Waals surface area contributed by atoms with E-state index < -0.39 is 0 Å². The predicted octanol–water partition coefficient (Wildman–Crippen LogP) is 4.16. The van der Waals surface area contributed by atoms with E-state index in [1.54, 1.807) is 18.2 Å². The zero-order chi connectivity index (χ0) is 19.7. The fourth-order valence-corrected chi connectivity index (χ4v) is 4.50. The first-order chi connectivity index (χ1) is 13.5. The Morgan fingerprint density at radius 3 is 2.64 bits per heavy atom. The number of rotatable bonds is 5. The maximum absolute atomic E-state index is 13.2. The molecule has 3 heterocycles. The average Bonchev–Trinajstić information content (AvgIpc) is 3.34. The third-order valence-electron chi connectivity index (χ3n) is 5.58. The zero-order valence-electron chi connectivity index (χ0n) is 15.5. The van der Waals surface area contributed by atoms with Gasteiger partial charge in [-0.25, -0.2) is 0 Å². The van der Waals surface area contributed by atoms with E-state index >= 15 is 0 Å². The first-order valence-electron chi connectivity index (χ1n) is 9.58. The molecule has 0 saturated carbocycles. The van der Waals surface area contributed by atoms with Crippen molar-refractivity contribution in [1.82, 2.24) is 9.80 Å². The number of benzene rings is 1. The highest BCUT2D eigenvalue weighted by molar-refractivity contribution is 6.42. The fraction of sp³-hybridized carbons (Fsp3) is 0.429. The van der Waals surface area contributed by atoms with Gasteiger partial charge in [-0.2, -0.15) is 0 Å². The Morgan fingerprint density at radius 1 is 1.14 bits per heavy atom. The van der Waals surface area contributed by atoms with Crippen molar-refractivity contribution in [2.75, 3.05) is 26.2 Å². The van der Waals surface area contributed by atoms with Crippen LogP contribution >= 0.6 is 23.2 Å². The van der Waals surface area contributed by atoms with Crippen LogP contribution in [0.2, 0.25) is 10.0 Å². The Balaban J connectivity index is 1.58. The van der Waals surface area contributed by atoms with E-state index in [-0.39, 0.29) is 18.4 Å². The van der Waals surface area contributed by atoms with Gasteiger partial charge in [-0.05, 0) is 49.7 Å². The van der Waals surface area contributed by atoms with E-state index in [0.29, 0.717) is 28.8 Å². The van der Waals surface area contributed by atoms with Crippen LogP contribution in [0.5, 0.6) is 0 Å². The lowest BCUT2D eigenvalue weighted by molar-refractivity contribution is -0.133. The molecule has 1 aromatic carbocycles. The standard InChI is InChI=1S/C21H22Cl2N2O3/c22-17-4-3-14(9-18(17)23)10-21(27)25-8-5-20-16(11-15(13-26)28-20)19(25)12-24-6-1-2-7-24/h3-4,9,11,13,19H,1-2,5-8,10,12H2. The highest BCUT2D eigenvalue weighted by Gasteiger charge is 2.35. The predicted molar refractivity (Wildman–Crippen MR) is 108 cm³/mol. The minimum atomic E-state index is -0.102. The SMILES string of the molecule is O=Cc1cc2c(o1)CCN(C(=O)Cc1ccc(Cl)c(Cl)c1)C2CN1CCCC1. The van der Waals surface area contributed by atoms with Crippen LogP contribution in [-0.4, -0.2) is 48.2 Å². The van der Waals surface area contributed by atoms with Gasteiger partial charge in [-0.3, -0.25) is 9.59 Å². The van der Waals surface area contributed by atoms with E-state index in [9.17, 15) is 9.59 Å². The molecule has 148 valence electrons. The Hall–Kier alpha value is -1.82. The highest BCUT2D eigenvalue weighted by Crippen LogP contribution is 2.34. The summed E-state index contributed by atoms with van der Waals surface area (Å²) in [5.74, 6) is 1.20. The van der Waals surface area contributed by atoms with E-state index in [4.69, 9.17) is 27.6 Å². The molecule has 2 aliphatic heterocycles. The van der Waals surface area contributed by atoms with Crippen molar-refractivity contribution in [3.05, 3.63) is 57.0 Å². The monoisotopic (exact) mass is 420 g/mol. The number of nitrogens with zero attached hydrogens (tertiary/aromatic N) is 2. The lowest BCUT2D eigenvalue weighted by Gasteiger charge is -2.37. The summed E-state index contributed by atoms with van der Waals surface area (Å²) in [5.41, 5.74) is 1.80. The lowest BCUT2D eigenvalue weighted by atomic mass is 9.97. The molecule has 5 nitrogen and oxygen atoms in total. The third kappa shape index (κ3) is 3.97. The molecule has 0 radical (unpaired) electrons. The van der Waals surface area contributed by atoms with E-state index in [1.807, 2.05) is 11.0 Å². The molecule has 28 heavy (non-hydrogen) atoms. The molecular formula is C21H22Cl2N2O3. The van der Waals surface area contributed by atoms with Crippen molar-refractivity contribution in [1.29, 1.82) is 0 Å². The Bertz CT molecular complexity index is 890. The molecule has 1 unspecified atom stereocenters. The number of hydrogen-bond acceptors (Lipinski definition) is 4. The molecule has 0 aliphatic carbocycles. The number of carbonyl (C=O) groups is 2. The molecule has 1 atom stereocenters. The number of aldehydes is 1. The fourth-order valence-electron chi connectivity index (χ4n) is 4.18. The molecule has 2 aromatic rings. The van der Waals surface area contributed by atoms with Crippen LogP contribution in [0.15, 0.2) is 28.7 Å². The van der Waals surface area contributed by atoms with Crippen molar-refractivity contribution < 1.29 is 14.0 Å². The molecule has 1 saturated heterocycles. The van der Waals surface area contributed by atoms with Gasteiger partial charge < -0.3 is 14.2 Å². The van der Waals surface area contributed by atoms with Crippen LogP contribution in [0.25, 0.3) is 0 Å². The van der Waals surface area contributed by atoms with Crippen LogP contribution in [-0.2, 0) is 17.6 Å². The van der Waals surface area contributed by atoms with Gasteiger partial charge in [0.2, 0.25) is 5.91 Å². The number of likely N-dealkylation sites (tertiary alicyclic amines) is 1. The second-order valence-corrected chi connectivity index (χ2v) is 8.25. The maximum atomic E-state index is 13.2. The van der Waals surface area contributed by atoms with Crippen molar-refractivity contribution in [3.8, 4) is 0 Å². The maximum Gasteiger partial charge on any atom is 0.227 e. The van der Waals surface area contributed by atoms with Crippen molar-refractivity contribution in [2.24, 2.45) is 0 Å². The summed E-state index contributed by atoms with van der Waals surface area (Å²) >= 11 is 12.1. The van der Waals surface area contributed by atoms with Gasteiger partial charge in [0.1, 0.15) is 5.76 Å². The molecule has 1 fully saturated rings. The summed E-state index contributed by atoms with van der Waals surface area (Å²) in [6, 6.07) is 6.99. The number of furan rings is 1. The number of halogens is 2. The van der Waals surface area contributed by atoms with Crippen LogP contribution in [0.1, 0.15) is 46.3 Å². The molecule has 4 rings (SSSR count). The summed E-state index contributed by atoms with van der Waals surface area (Å²) in [5, 5.41) is 0.930. The van der Waals surface area contributed by atoms with Crippen LogP contribution in [0.3, 0.4) is 0 Å². The Kier molecular flexibility index (Phi) is 5.76. The third-order valence-corrected chi connectivity index (χ3v) is 6.32. The van der Waals surface area contributed by atoms with Crippen LogP contribution in [0, 0.1) is 0 Å². The highest BCUT2D eigenvalue weighted by atomic mass is 35.5. The zero-order valence-corrected chi connectivity index (χ0v) is 17.0. The molecule has 0 spiro atoms. The van der Waals surface area contributed by atoms with Crippen LogP contribution < -0.4 is 0 Å². The van der Waals surface area contributed by atoms with Gasteiger partial charge in [0, 0.05) is 25.1 Å². The van der Waals surface area contributed by atoms with Crippen molar-refractivity contribution in [3.63, 3.8) is 0 Å². The Morgan fingerprint density at radius 2 is 1.93 bits per heavy atom. The summed E-state index contributed by atoms with van der Waals surface area (Å²) in [7, 11) is 0. The molecule has 1 aromatic heterocycles. The number of amides is 1. The second-order valence-electron chi connectivity index (χ2n) is 7.43. The minimum Gasteiger partial charge on any atom is -0.458 e. The summed E-state index contributed by atoms with van der Waals surface area (Å²) < 4.78 is 5.67. The van der Waals surface area contributed by atoms with E-state index in [2.05, 4.69) is 4.90 Å². The van der Waals surface area contributed by atoms with Gasteiger partial charge in [0.05, 0.1) is 22.5 Å². The largest absolute Gasteiger partial charge is 0.458 e. The average molecular weight is 421 g/mol. The lowest BCUT2D eigenvalue weighted by Crippen LogP contribution is -2.45. The van der Waals surface area contributed by atoms with Gasteiger partial charge in [-0.15, -0.1) is 0 Å². The van der Waals surface area contributed by atoms with Crippen molar-refractivity contribution in [2.45, 2.75) is 31.7 Å². The van der Waals surface area contributed by atoms with Gasteiger partial charge in [-0.1, -0.05) is 29.3 Å². The number of fused-ring (bicyclic) bond motifs is 1. The summed E-state index contributed by atoms with van der Waals surface area (Å²) in [6.45, 7) is 3.42. The van der Waals surface area contributed by atoms with E-state index in [0.717, 1.165) is 42.8 Å². The molecule has 2 aliphatic rings. The van der Waals surface area contributed by atoms with Gasteiger partial charge in [0.25, 0.3) is 0 Å². The Labute approximate surface area is 174 Å². The number of hydrogen-bond donors (Lipinski definition) is 0. The number of carbonyl (C=O) groups excluding carboxylic acids is 2. The first-order valence-corrected chi connectivity index (χ1v) is 10.3. The second kappa shape index (κ2) is 8.27. The smallest absolute Gasteiger partial charge is 0.227 e. The van der Waals surface area contributed by atoms with Crippen molar-refractivity contribution >= 4 is 35.4 Å².